The lowest BCUT2D eigenvalue weighted by Crippen LogP contribution is -2.34. The van der Waals surface area contributed by atoms with E-state index >= 15 is 0 Å². The second-order valence-electron chi connectivity index (χ2n) is 7.98. The Labute approximate surface area is 183 Å². The average Bonchev–Trinajstić information content (AvgIpc) is 2.90. The molecule has 0 bridgehead atoms. The Kier molecular flexibility index (Phi) is 7.34. The second-order valence-corrected chi connectivity index (χ2v) is 7.98. The Morgan fingerprint density at radius 3 is 2.48 bits per heavy atom. The largest absolute Gasteiger partial charge is 0.387 e. The van der Waals surface area contributed by atoms with Crippen molar-refractivity contribution in [3.63, 3.8) is 0 Å². The number of nitrogens with two attached hydrogens (primary N) is 1. The third-order valence-electron chi connectivity index (χ3n) is 5.13. The Hall–Kier alpha value is -3.28. The number of nitrogens with zero attached hydrogens (tertiary/aromatic N) is 3. The summed E-state index contributed by atoms with van der Waals surface area (Å²) in [6.07, 6.45) is 7.92. The Morgan fingerprint density at radius 2 is 1.81 bits per heavy atom. The van der Waals surface area contributed by atoms with Crippen LogP contribution in [0.5, 0.6) is 0 Å². The zero-order valence-corrected chi connectivity index (χ0v) is 18.5. The van der Waals surface area contributed by atoms with Gasteiger partial charge < -0.3 is 10.6 Å². The van der Waals surface area contributed by atoms with E-state index < -0.39 is 0 Å². The van der Waals surface area contributed by atoms with E-state index in [4.69, 9.17) is 5.73 Å². The number of ketones is 1. The van der Waals surface area contributed by atoms with E-state index in [1.54, 1.807) is 19.3 Å². The smallest absolute Gasteiger partial charge is 0.250 e. The van der Waals surface area contributed by atoms with Crippen LogP contribution >= 0.6 is 0 Å². The van der Waals surface area contributed by atoms with Gasteiger partial charge in [-0.25, -0.2) is 4.99 Å². The van der Waals surface area contributed by atoms with Crippen LogP contribution in [0.3, 0.4) is 0 Å². The molecule has 0 aliphatic carbocycles. The number of benzene rings is 1. The molecule has 0 spiro atoms. The van der Waals surface area contributed by atoms with Gasteiger partial charge >= 0.3 is 0 Å². The Morgan fingerprint density at radius 1 is 1.06 bits per heavy atom. The molecule has 0 atom stereocenters. The minimum absolute atomic E-state index is 0.0277. The standard InChI is InChI=1S/C25H30N4O2/c1-4-8-29(9-5-2)25(31)21-12-20-7-6-19(13-23(20)28-24(26)14-21)22-11-18(10-17(3)30)15-27-16-22/h6-7,11-13,15-16H,4-5,8-10,14H2,1-3H3,(H2,26,28). The zero-order chi connectivity index (χ0) is 22.4. The molecular formula is C25H30N4O2. The number of pyridine rings is 1. The van der Waals surface area contributed by atoms with E-state index in [-0.39, 0.29) is 11.7 Å². The summed E-state index contributed by atoms with van der Waals surface area (Å²) in [6.45, 7) is 7.18. The lowest BCUT2D eigenvalue weighted by Gasteiger charge is -2.22. The van der Waals surface area contributed by atoms with Crippen molar-refractivity contribution in [3.8, 4) is 11.1 Å². The molecule has 1 amide bonds. The maximum atomic E-state index is 13.1. The fraction of sp³-hybridized carbons (Fsp3) is 0.360. The molecule has 1 aromatic heterocycles. The van der Waals surface area contributed by atoms with Crippen LogP contribution in [0.1, 0.15) is 51.2 Å². The first kappa shape index (κ1) is 22.4. The van der Waals surface area contributed by atoms with Crippen molar-refractivity contribution in [3.05, 3.63) is 53.4 Å². The monoisotopic (exact) mass is 418 g/mol. The molecule has 2 heterocycles. The molecule has 3 rings (SSSR count). The molecule has 0 unspecified atom stereocenters. The van der Waals surface area contributed by atoms with Crippen LogP contribution in [0, 0.1) is 0 Å². The van der Waals surface area contributed by atoms with Gasteiger partial charge in [-0.1, -0.05) is 26.0 Å². The van der Waals surface area contributed by atoms with Gasteiger partial charge in [-0.05, 0) is 49.1 Å². The number of Topliss-reactive ketones (excluding diaryl/α,β-unsaturated/α-hetero) is 1. The number of aliphatic imine (C=N–C) groups is 1. The van der Waals surface area contributed by atoms with Gasteiger partial charge in [0.05, 0.1) is 5.69 Å². The molecule has 2 N–H and O–H groups in total. The number of carbonyl (C=O) groups excluding carboxylic acids is 2. The van der Waals surface area contributed by atoms with Crippen LogP contribution in [-0.4, -0.2) is 40.5 Å². The molecule has 31 heavy (non-hydrogen) atoms. The first-order chi connectivity index (χ1) is 14.9. The molecule has 2 aromatic rings. The highest BCUT2D eigenvalue weighted by atomic mass is 16.2. The Bertz CT molecular complexity index is 1030. The van der Waals surface area contributed by atoms with Crippen molar-refractivity contribution >= 4 is 29.3 Å². The quantitative estimate of drug-likeness (QED) is 0.692. The molecule has 1 aliphatic rings. The maximum Gasteiger partial charge on any atom is 0.250 e. The minimum atomic E-state index is 0.0277. The van der Waals surface area contributed by atoms with Crippen molar-refractivity contribution in [1.29, 1.82) is 0 Å². The predicted octanol–water partition coefficient (Wildman–Crippen LogP) is 4.30. The summed E-state index contributed by atoms with van der Waals surface area (Å²) >= 11 is 0. The molecule has 6 nitrogen and oxygen atoms in total. The number of hydrogen-bond acceptors (Lipinski definition) is 5. The van der Waals surface area contributed by atoms with Gasteiger partial charge in [0.1, 0.15) is 11.6 Å². The minimum Gasteiger partial charge on any atom is -0.387 e. The summed E-state index contributed by atoms with van der Waals surface area (Å²) in [7, 11) is 0. The number of amides is 1. The van der Waals surface area contributed by atoms with E-state index in [2.05, 4.69) is 23.8 Å². The summed E-state index contributed by atoms with van der Waals surface area (Å²) < 4.78 is 0. The number of rotatable bonds is 8. The summed E-state index contributed by atoms with van der Waals surface area (Å²) in [4.78, 5) is 35.3. The summed E-state index contributed by atoms with van der Waals surface area (Å²) in [6, 6.07) is 7.87. The van der Waals surface area contributed by atoms with E-state index in [9.17, 15) is 9.59 Å². The number of hydrogen-bond donors (Lipinski definition) is 1. The van der Waals surface area contributed by atoms with Crippen molar-refractivity contribution in [2.75, 3.05) is 13.1 Å². The molecule has 0 radical (unpaired) electrons. The second kappa shape index (κ2) is 10.2. The van der Waals surface area contributed by atoms with Gasteiger partial charge in [-0.3, -0.25) is 14.6 Å². The molecule has 162 valence electrons. The molecule has 0 saturated heterocycles. The molecular weight excluding hydrogens is 388 g/mol. The molecule has 0 fully saturated rings. The highest BCUT2D eigenvalue weighted by Crippen LogP contribution is 2.32. The third kappa shape index (κ3) is 5.66. The van der Waals surface area contributed by atoms with Crippen LogP contribution in [-0.2, 0) is 16.0 Å². The SMILES string of the molecule is CCCN(CCC)C(=O)C1=Cc2ccc(-c3cncc(CC(C)=O)c3)cc2N=C(N)C1. The lowest BCUT2D eigenvalue weighted by atomic mass is 10.00. The summed E-state index contributed by atoms with van der Waals surface area (Å²) in [5.74, 6) is 0.549. The van der Waals surface area contributed by atoms with Crippen molar-refractivity contribution < 1.29 is 9.59 Å². The number of fused-ring (bicyclic) bond motifs is 1. The van der Waals surface area contributed by atoms with Crippen LogP contribution in [0.25, 0.3) is 17.2 Å². The first-order valence-electron chi connectivity index (χ1n) is 10.8. The van der Waals surface area contributed by atoms with Gasteiger partial charge in [0.2, 0.25) is 5.91 Å². The average molecular weight is 419 g/mol. The normalized spacial score (nSPS) is 13.0. The van der Waals surface area contributed by atoms with Gasteiger partial charge in [0, 0.05) is 55.0 Å². The van der Waals surface area contributed by atoms with Crippen LogP contribution in [0.2, 0.25) is 0 Å². The van der Waals surface area contributed by atoms with Crippen LogP contribution < -0.4 is 5.73 Å². The van der Waals surface area contributed by atoms with Gasteiger partial charge in [0.15, 0.2) is 0 Å². The van der Waals surface area contributed by atoms with Gasteiger partial charge in [-0.15, -0.1) is 0 Å². The molecule has 6 heteroatoms. The van der Waals surface area contributed by atoms with Crippen LogP contribution in [0.4, 0.5) is 5.69 Å². The first-order valence-corrected chi connectivity index (χ1v) is 10.8. The highest BCUT2D eigenvalue weighted by Gasteiger charge is 2.21. The molecule has 1 aliphatic heterocycles. The molecule has 1 aromatic carbocycles. The topological polar surface area (TPSA) is 88.7 Å². The molecule has 0 saturated carbocycles. The summed E-state index contributed by atoms with van der Waals surface area (Å²) in [5, 5.41) is 0. The predicted molar refractivity (Wildman–Crippen MR) is 125 cm³/mol. The summed E-state index contributed by atoms with van der Waals surface area (Å²) in [5.41, 5.74) is 11.2. The fourth-order valence-corrected chi connectivity index (χ4v) is 3.79. The Balaban J connectivity index is 1.95. The maximum absolute atomic E-state index is 13.1. The van der Waals surface area contributed by atoms with Crippen LogP contribution in [0.15, 0.2) is 47.2 Å². The van der Waals surface area contributed by atoms with Gasteiger partial charge in [-0.2, -0.15) is 0 Å². The fourth-order valence-electron chi connectivity index (χ4n) is 3.79. The van der Waals surface area contributed by atoms with Crippen molar-refractivity contribution in [1.82, 2.24) is 9.88 Å². The number of amidine groups is 1. The van der Waals surface area contributed by atoms with E-state index in [0.717, 1.165) is 53.9 Å². The van der Waals surface area contributed by atoms with E-state index in [1.165, 1.54) is 0 Å². The van der Waals surface area contributed by atoms with Crippen molar-refractivity contribution in [2.45, 2.75) is 46.5 Å². The number of carbonyl (C=O) groups is 2. The highest BCUT2D eigenvalue weighted by molar-refractivity contribution is 6.05. The number of aromatic nitrogens is 1. The lowest BCUT2D eigenvalue weighted by molar-refractivity contribution is -0.127. The zero-order valence-electron chi connectivity index (χ0n) is 18.5. The van der Waals surface area contributed by atoms with E-state index in [0.29, 0.717) is 24.3 Å². The van der Waals surface area contributed by atoms with E-state index in [1.807, 2.05) is 35.2 Å². The van der Waals surface area contributed by atoms with Crippen molar-refractivity contribution in [2.24, 2.45) is 10.7 Å². The van der Waals surface area contributed by atoms with Gasteiger partial charge in [0.25, 0.3) is 0 Å². The third-order valence-corrected chi connectivity index (χ3v) is 5.13.